The van der Waals surface area contributed by atoms with Gasteiger partial charge in [-0.1, -0.05) is 12.1 Å². The molecule has 0 saturated heterocycles. The highest BCUT2D eigenvalue weighted by atomic mass is 16.5. The maximum atomic E-state index is 6.00. The Morgan fingerprint density at radius 2 is 1.79 bits per heavy atom. The molecular weight excluding hydrogens is 242 g/mol. The second-order valence-electron chi connectivity index (χ2n) is 4.85. The number of methoxy groups -OCH3 is 1. The molecule has 0 aromatic heterocycles. The third kappa shape index (κ3) is 5.59. The molecule has 2 unspecified atom stereocenters. The van der Waals surface area contributed by atoms with Gasteiger partial charge >= 0.3 is 0 Å². The van der Waals surface area contributed by atoms with Crippen molar-refractivity contribution >= 4 is 0 Å². The largest absolute Gasteiger partial charge is 0.497 e. The van der Waals surface area contributed by atoms with Gasteiger partial charge in [-0.25, -0.2) is 0 Å². The Bertz CT molecular complexity index is 366. The number of nitrogens with two attached hydrogens (primary N) is 1. The summed E-state index contributed by atoms with van der Waals surface area (Å²) in [6.45, 7) is 7.05. The van der Waals surface area contributed by atoms with E-state index < -0.39 is 0 Å². The molecule has 108 valence electrons. The van der Waals surface area contributed by atoms with Gasteiger partial charge < -0.3 is 19.9 Å². The van der Waals surface area contributed by atoms with Crippen LogP contribution in [-0.2, 0) is 9.47 Å². The van der Waals surface area contributed by atoms with Crippen molar-refractivity contribution in [2.45, 2.75) is 39.0 Å². The van der Waals surface area contributed by atoms with Crippen LogP contribution >= 0.6 is 0 Å². The minimum atomic E-state index is -0.147. The van der Waals surface area contributed by atoms with E-state index >= 15 is 0 Å². The fourth-order valence-electron chi connectivity index (χ4n) is 1.83. The molecule has 0 amide bonds. The molecule has 1 rings (SSSR count). The van der Waals surface area contributed by atoms with Crippen molar-refractivity contribution in [2.75, 3.05) is 20.3 Å². The third-order valence-electron chi connectivity index (χ3n) is 2.73. The minimum absolute atomic E-state index is 0.0915. The molecule has 0 spiro atoms. The van der Waals surface area contributed by atoms with Crippen LogP contribution in [0.5, 0.6) is 5.75 Å². The zero-order valence-electron chi connectivity index (χ0n) is 12.3. The van der Waals surface area contributed by atoms with Gasteiger partial charge in [0.25, 0.3) is 0 Å². The summed E-state index contributed by atoms with van der Waals surface area (Å²) in [5, 5.41) is 0. The fraction of sp³-hybridized carbons (Fsp3) is 0.600. The molecule has 0 aliphatic carbocycles. The highest BCUT2D eigenvalue weighted by Crippen LogP contribution is 2.24. The second kappa shape index (κ2) is 8.15. The summed E-state index contributed by atoms with van der Waals surface area (Å²) in [6.07, 6.45) is 0.0695. The van der Waals surface area contributed by atoms with Crippen molar-refractivity contribution in [1.82, 2.24) is 0 Å². The molecule has 19 heavy (non-hydrogen) atoms. The second-order valence-corrected chi connectivity index (χ2v) is 4.85. The summed E-state index contributed by atoms with van der Waals surface area (Å²) in [7, 11) is 1.65. The molecule has 0 saturated carbocycles. The number of rotatable bonds is 8. The quantitative estimate of drug-likeness (QED) is 0.735. The highest BCUT2D eigenvalue weighted by Gasteiger charge is 2.17. The molecule has 1 aromatic carbocycles. The van der Waals surface area contributed by atoms with E-state index in [0.717, 1.165) is 11.3 Å². The van der Waals surface area contributed by atoms with Gasteiger partial charge in [0.15, 0.2) is 0 Å². The Balaban J connectivity index is 2.61. The monoisotopic (exact) mass is 267 g/mol. The first kappa shape index (κ1) is 16.0. The summed E-state index contributed by atoms with van der Waals surface area (Å²) in [6, 6.07) is 7.71. The van der Waals surface area contributed by atoms with Crippen molar-refractivity contribution in [1.29, 1.82) is 0 Å². The first-order valence-electron chi connectivity index (χ1n) is 6.67. The Morgan fingerprint density at radius 1 is 1.11 bits per heavy atom. The Labute approximate surface area is 115 Å². The molecule has 4 nitrogen and oxygen atoms in total. The van der Waals surface area contributed by atoms with Gasteiger partial charge in [0.1, 0.15) is 5.75 Å². The SMILES string of the molecule is COc1cccc(C(OCCOC(C)C)C(C)N)c1. The van der Waals surface area contributed by atoms with Crippen LogP contribution in [0.1, 0.15) is 32.4 Å². The first-order chi connectivity index (χ1) is 9.04. The summed E-state index contributed by atoms with van der Waals surface area (Å²) in [4.78, 5) is 0. The van der Waals surface area contributed by atoms with Crippen LogP contribution in [0.2, 0.25) is 0 Å². The van der Waals surface area contributed by atoms with Crippen molar-refractivity contribution in [2.24, 2.45) is 5.73 Å². The predicted molar refractivity (Wildman–Crippen MR) is 76.4 cm³/mol. The third-order valence-corrected chi connectivity index (χ3v) is 2.73. The van der Waals surface area contributed by atoms with Gasteiger partial charge in [-0.15, -0.1) is 0 Å². The van der Waals surface area contributed by atoms with Crippen molar-refractivity contribution in [3.05, 3.63) is 29.8 Å². The highest BCUT2D eigenvalue weighted by molar-refractivity contribution is 5.30. The van der Waals surface area contributed by atoms with Gasteiger partial charge in [0, 0.05) is 6.04 Å². The topological polar surface area (TPSA) is 53.7 Å². The molecule has 0 heterocycles. The van der Waals surface area contributed by atoms with Crippen LogP contribution in [0.3, 0.4) is 0 Å². The van der Waals surface area contributed by atoms with Crippen LogP contribution in [0.4, 0.5) is 0 Å². The normalized spacial score (nSPS) is 14.4. The first-order valence-corrected chi connectivity index (χ1v) is 6.67. The number of benzene rings is 1. The molecule has 2 N–H and O–H groups in total. The van der Waals surface area contributed by atoms with Gasteiger partial charge in [-0.3, -0.25) is 0 Å². The number of hydrogen-bond acceptors (Lipinski definition) is 4. The van der Waals surface area contributed by atoms with E-state index in [2.05, 4.69) is 0 Å². The standard InChI is InChI=1S/C15H25NO3/c1-11(2)18-8-9-19-15(12(3)16)13-6-5-7-14(10-13)17-4/h5-7,10-12,15H,8-9,16H2,1-4H3. The smallest absolute Gasteiger partial charge is 0.119 e. The lowest BCUT2D eigenvalue weighted by molar-refractivity contribution is -0.0201. The molecule has 1 aromatic rings. The summed E-state index contributed by atoms with van der Waals surface area (Å²) < 4.78 is 16.5. The van der Waals surface area contributed by atoms with Gasteiger partial charge in [0.05, 0.1) is 32.5 Å². The molecular formula is C15H25NO3. The number of ether oxygens (including phenoxy) is 3. The summed E-state index contributed by atoms with van der Waals surface area (Å²) in [5.41, 5.74) is 7.02. The Hall–Kier alpha value is -1.10. The lowest BCUT2D eigenvalue weighted by Crippen LogP contribution is -2.28. The van der Waals surface area contributed by atoms with E-state index in [-0.39, 0.29) is 18.2 Å². The Morgan fingerprint density at radius 3 is 2.37 bits per heavy atom. The van der Waals surface area contributed by atoms with E-state index in [1.807, 2.05) is 45.0 Å². The van der Waals surface area contributed by atoms with E-state index in [1.165, 1.54) is 0 Å². The molecule has 2 atom stereocenters. The number of hydrogen-bond donors (Lipinski definition) is 1. The summed E-state index contributed by atoms with van der Waals surface area (Å²) in [5.74, 6) is 0.810. The van der Waals surface area contributed by atoms with Gasteiger partial charge in [-0.2, -0.15) is 0 Å². The molecule has 0 radical (unpaired) electrons. The van der Waals surface area contributed by atoms with E-state index in [9.17, 15) is 0 Å². The van der Waals surface area contributed by atoms with E-state index in [4.69, 9.17) is 19.9 Å². The molecule has 4 heteroatoms. The van der Waals surface area contributed by atoms with E-state index in [1.54, 1.807) is 7.11 Å². The molecule has 0 fully saturated rings. The van der Waals surface area contributed by atoms with Crippen molar-refractivity contribution in [3.63, 3.8) is 0 Å². The van der Waals surface area contributed by atoms with Crippen LogP contribution in [0.15, 0.2) is 24.3 Å². The maximum Gasteiger partial charge on any atom is 0.119 e. The van der Waals surface area contributed by atoms with Crippen LogP contribution < -0.4 is 10.5 Å². The average molecular weight is 267 g/mol. The lowest BCUT2D eigenvalue weighted by Gasteiger charge is -2.22. The van der Waals surface area contributed by atoms with Crippen LogP contribution in [0, 0.1) is 0 Å². The zero-order valence-corrected chi connectivity index (χ0v) is 12.3. The molecule has 0 bridgehead atoms. The van der Waals surface area contributed by atoms with Gasteiger partial charge in [0.2, 0.25) is 0 Å². The van der Waals surface area contributed by atoms with Crippen molar-refractivity contribution in [3.8, 4) is 5.75 Å². The van der Waals surface area contributed by atoms with Gasteiger partial charge in [-0.05, 0) is 38.5 Å². The maximum absolute atomic E-state index is 6.00. The lowest BCUT2D eigenvalue weighted by atomic mass is 10.0. The Kier molecular flexibility index (Phi) is 6.84. The van der Waals surface area contributed by atoms with Crippen molar-refractivity contribution < 1.29 is 14.2 Å². The molecule has 0 aliphatic rings. The minimum Gasteiger partial charge on any atom is -0.497 e. The summed E-state index contributed by atoms with van der Waals surface area (Å²) >= 11 is 0. The molecule has 0 aliphatic heterocycles. The van der Waals surface area contributed by atoms with Crippen LogP contribution in [-0.4, -0.2) is 32.5 Å². The van der Waals surface area contributed by atoms with E-state index in [0.29, 0.717) is 13.2 Å². The zero-order chi connectivity index (χ0) is 14.3. The fourth-order valence-corrected chi connectivity index (χ4v) is 1.83. The van der Waals surface area contributed by atoms with Crippen LogP contribution in [0.25, 0.3) is 0 Å². The predicted octanol–water partition coefficient (Wildman–Crippen LogP) is 2.53. The average Bonchev–Trinajstić information content (AvgIpc) is 2.38.